The molecular weight excluding hydrogens is 250 g/mol. The fourth-order valence-electron chi connectivity index (χ4n) is 1.49. The minimum absolute atomic E-state index is 0.436. The number of aliphatic carboxylic acids is 1. The third-order valence-corrected chi connectivity index (χ3v) is 2.62. The average molecular weight is 269 g/mol. The average Bonchev–Trinajstić information content (AvgIpc) is 2.78. The summed E-state index contributed by atoms with van der Waals surface area (Å²) in [6.45, 7) is 1.12. The third kappa shape index (κ3) is 4.25. The zero-order chi connectivity index (χ0) is 14.4. The number of aromatic nitrogens is 2. The topological polar surface area (TPSA) is 99.5 Å². The molecule has 3 N–H and O–H groups in total. The summed E-state index contributed by atoms with van der Waals surface area (Å²) in [5.74, 6) is -1.12. The fourth-order valence-corrected chi connectivity index (χ4v) is 1.49. The molecule has 0 aliphatic rings. The molecular formula is C11H19N5O3. The Hall–Kier alpha value is -2.09. The van der Waals surface area contributed by atoms with Gasteiger partial charge in [-0.3, -0.25) is 4.68 Å². The summed E-state index contributed by atoms with van der Waals surface area (Å²) in [7, 11) is 5.07. The Morgan fingerprint density at radius 2 is 2.26 bits per heavy atom. The van der Waals surface area contributed by atoms with Crippen LogP contribution in [0, 0.1) is 0 Å². The molecule has 1 unspecified atom stereocenters. The number of likely N-dealkylation sites (N-methyl/N-ethyl adjacent to an activating group) is 2. The number of carboxylic acid groups (broad SMARTS) is 1. The Bertz CT molecular complexity index is 445. The van der Waals surface area contributed by atoms with Crippen molar-refractivity contribution in [3.05, 3.63) is 18.0 Å². The second-order valence-electron chi connectivity index (χ2n) is 4.19. The number of rotatable bonds is 6. The Morgan fingerprint density at radius 3 is 2.74 bits per heavy atom. The van der Waals surface area contributed by atoms with Crippen molar-refractivity contribution in [1.82, 2.24) is 25.3 Å². The SMILES string of the molecule is CNCCN(C)C(=O)NC(C(=O)O)c1cnn(C)c1. The Kier molecular flexibility index (Phi) is 5.31. The van der Waals surface area contributed by atoms with E-state index in [4.69, 9.17) is 5.11 Å². The van der Waals surface area contributed by atoms with Crippen LogP contribution in [0.4, 0.5) is 4.79 Å². The van der Waals surface area contributed by atoms with Gasteiger partial charge in [-0.15, -0.1) is 0 Å². The van der Waals surface area contributed by atoms with Gasteiger partial charge >= 0.3 is 12.0 Å². The maximum atomic E-state index is 11.8. The van der Waals surface area contributed by atoms with Crippen LogP contribution in [0.15, 0.2) is 12.4 Å². The molecule has 0 radical (unpaired) electrons. The van der Waals surface area contributed by atoms with Gasteiger partial charge in [0.05, 0.1) is 6.20 Å². The predicted molar refractivity (Wildman–Crippen MR) is 68.7 cm³/mol. The van der Waals surface area contributed by atoms with Gasteiger partial charge in [-0.2, -0.15) is 5.10 Å². The van der Waals surface area contributed by atoms with Crippen molar-refractivity contribution >= 4 is 12.0 Å². The first-order chi connectivity index (χ1) is 8.95. The highest BCUT2D eigenvalue weighted by atomic mass is 16.4. The molecule has 8 nitrogen and oxygen atoms in total. The molecule has 1 atom stereocenters. The van der Waals surface area contributed by atoms with E-state index in [1.54, 1.807) is 27.3 Å². The van der Waals surface area contributed by atoms with Crippen LogP contribution in [0.1, 0.15) is 11.6 Å². The largest absolute Gasteiger partial charge is 0.479 e. The number of aryl methyl sites for hydroxylation is 1. The van der Waals surface area contributed by atoms with Crippen LogP contribution in [0.3, 0.4) is 0 Å². The molecule has 0 aliphatic heterocycles. The zero-order valence-corrected chi connectivity index (χ0v) is 11.3. The molecule has 1 aromatic heterocycles. The van der Waals surface area contributed by atoms with Crippen LogP contribution in [0.25, 0.3) is 0 Å². The molecule has 0 aliphatic carbocycles. The molecule has 0 fully saturated rings. The summed E-state index contributed by atoms with van der Waals surface area (Å²) < 4.78 is 1.49. The number of hydrogen-bond acceptors (Lipinski definition) is 4. The molecule has 0 spiro atoms. The molecule has 0 saturated heterocycles. The van der Waals surface area contributed by atoms with E-state index >= 15 is 0 Å². The van der Waals surface area contributed by atoms with Gasteiger partial charge in [0, 0.05) is 38.9 Å². The molecule has 1 rings (SSSR count). The third-order valence-electron chi connectivity index (χ3n) is 2.62. The van der Waals surface area contributed by atoms with Gasteiger partial charge in [0.1, 0.15) is 0 Å². The lowest BCUT2D eigenvalue weighted by Crippen LogP contribution is -2.43. The first-order valence-electron chi connectivity index (χ1n) is 5.83. The van der Waals surface area contributed by atoms with E-state index in [9.17, 15) is 9.59 Å². The van der Waals surface area contributed by atoms with Crippen molar-refractivity contribution in [2.45, 2.75) is 6.04 Å². The Balaban J connectivity index is 2.69. The van der Waals surface area contributed by atoms with E-state index in [1.807, 2.05) is 0 Å². The number of hydrogen-bond donors (Lipinski definition) is 3. The van der Waals surface area contributed by atoms with E-state index in [0.717, 1.165) is 0 Å². The molecule has 106 valence electrons. The zero-order valence-electron chi connectivity index (χ0n) is 11.3. The monoisotopic (exact) mass is 269 g/mol. The summed E-state index contributed by atoms with van der Waals surface area (Å²) >= 11 is 0. The number of nitrogens with one attached hydrogen (secondary N) is 2. The molecule has 2 amide bonds. The second kappa shape index (κ2) is 6.74. The molecule has 1 heterocycles. The van der Waals surface area contributed by atoms with Crippen molar-refractivity contribution in [2.24, 2.45) is 7.05 Å². The summed E-state index contributed by atoms with van der Waals surface area (Å²) in [6.07, 6.45) is 2.99. The second-order valence-corrected chi connectivity index (χ2v) is 4.19. The summed E-state index contributed by atoms with van der Waals surface area (Å²) in [5, 5.41) is 18.4. The van der Waals surface area contributed by atoms with Gasteiger partial charge < -0.3 is 20.6 Å². The van der Waals surface area contributed by atoms with Crippen LogP contribution in [0.2, 0.25) is 0 Å². The lowest BCUT2D eigenvalue weighted by atomic mass is 10.1. The number of amides is 2. The predicted octanol–water partition coefficient (Wildman–Crippen LogP) is -0.593. The van der Waals surface area contributed by atoms with E-state index in [0.29, 0.717) is 18.7 Å². The van der Waals surface area contributed by atoms with Gasteiger partial charge in [0.2, 0.25) is 0 Å². The van der Waals surface area contributed by atoms with Crippen molar-refractivity contribution in [3.8, 4) is 0 Å². The van der Waals surface area contributed by atoms with E-state index in [2.05, 4.69) is 15.7 Å². The molecule has 0 bridgehead atoms. The van der Waals surface area contributed by atoms with Crippen molar-refractivity contribution in [1.29, 1.82) is 0 Å². The minimum Gasteiger partial charge on any atom is -0.479 e. The van der Waals surface area contributed by atoms with Gasteiger partial charge in [-0.1, -0.05) is 0 Å². The van der Waals surface area contributed by atoms with E-state index in [-0.39, 0.29) is 0 Å². The molecule has 8 heteroatoms. The standard InChI is InChI=1S/C11H19N5O3/c1-12-4-5-15(2)11(19)14-9(10(17)18)8-6-13-16(3)7-8/h6-7,9,12H,4-5H2,1-3H3,(H,14,19)(H,17,18). The first-order valence-corrected chi connectivity index (χ1v) is 5.83. The van der Waals surface area contributed by atoms with Crippen LogP contribution in [-0.2, 0) is 11.8 Å². The van der Waals surface area contributed by atoms with Gasteiger partial charge in [-0.05, 0) is 7.05 Å². The van der Waals surface area contributed by atoms with Crippen LogP contribution >= 0.6 is 0 Å². The summed E-state index contributed by atoms with van der Waals surface area (Å²) in [5.41, 5.74) is 0.436. The smallest absolute Gasteiger partial charge is 0.331 e. The Labute approximate surface area is 111 Å². The number of nitrogens with zero attached hydrogens (tertiary/aromatic N) is 3. The number of carbonyl (C=O) groups excluding carboxylic acids is 1. The highest BCUT2D eigenvalue weighted by Crippen LogP contribution is 2.12. The lowest BCUT2D eigenvalue weighted by Gasteiger charge is -2.20. The van der Waals surface area contributed by atoms with E-state index in [1.165, 1.54) is 15.8 Å². The lowest BCUT2D eigenvalue weighted by molar-refractivity contribution is -0.139. The first kappa shape index (κ1) is 15.0. The van der Waals surface area contributed by atoms with Crippen molar-refractivity contribution in [3.63, 3.8) is 0 Å². The van der Waals surface area contributed by atoms with Crippen LogP contribution in [-0.4, -0.2) is 59.0 Å². The van der Waals surface area contributed by atoms with Crippen molar-refractivity contribution < 1.29 is 14.7 Å². The van der Waals surface area contributed by atoms with E-state index < -0.39 is 18.0 Å². The summed E-state index contributed by atoms with van der Waals surface area (Å²) in [4.78, 5) is 24.5. The number of carbonyl (C=O) groups is 2. The van der Waals surface area contributed by atoms with Crippen LogP contribution < -0.4 is 10.6 Å². The normalized spacial score (nSPS) is 11.9. The summed E-state index contributed by atoms with van der Waals surface area (Å²) in [6, 6.07) is -1.54. The highest BCUT2D eigenvalue weighted by Gasteiger charge is 2.24. The Morgan fingerprint density at radius 1 is 1.58 bits per heavy atom. The molecule has 0 saturated carbocycles. The molecule has 0 aromatic carbocycles. The highest BCUT2D eigenvalue weighted by molar-refractivity contribution is 5.83. The molecule has 1 aromatic rings. The van der Waals surface area contributed by atoms with Crippen LogP contribution in [0.5, 0.6) is 0 Å². The maximum absolute atomic E-state index is 11.8. The number of carboxylic acids is 1. The van der Waals surface area contributed by atoms with Gasteiger partial charge in [-0.25, -0.2) is 9.59 Å². The van der Waals surface area contributed by atoms with Gasteiger partial charge in [0.15, 0.2) is 6.04 Å². The van der Waals surface area contributed by atoms with Crippen molar-refractivity contribution in [2.75, 3.05) is 27.2 Å². The van der Waals surface area contributed by atoms with Gasteiger partial charge in [0.25, 0.3) is 0 Å². The quantitative estimate of drug-likeness (QED) is 0.641. The number of urea groups is 1. The fraction of sp³-hybridized carbons (Fsp3) is 0.545. The molecule has 19 heavy (non-hydrogen) atoms. The maximum Gasteiger partial charge on any atom is 0.331 e. The minimum atomic E-state index is -1.12.